The molecule has 1 fully saturated rings. The molecule has 2 aromatic carbocycles. The lowest BCUT2D eigenvalue weighted by Gasteiger charge is -2.45. The molecule has 0 heterocycles. The van der Waals surface area contributed by atoms with Gasteiger partial charge in [0.25, 0.3) is 5.97 Å². The minimum Gasteiger partial charge on any atom is -0.509 e. The fraction of sp³-hybridized carbons (Fsp3) is 0.620. The first-order valence-corrected chi connectivity index (χ1v) is 29.7. The summed E-state index contributed by atoms with van der Waals surface area (Å²) in [6.45, 7) is 31.7. The molecule has 0 saturated heterocycles. The number of unbranched alkanes of at least 4 members (excludes halogenated alkanes) is 3. The first-order valence-electron chi connectivity index (χ1n) is 21.9. The third-order valence-electron chi connectivity index (χ3n) is 12.8. The molecule has 8 heteroatoms. The standard InChI is InChI=1S/C50H78O5Si3/c1-15-16-17-18-19-20-21-30-37-45(53-56(11,12)48(2,3)4)47(55-57(13,14)49(5,6)7)43-39-42(43)44(51)36-29-24-31-38-46(52)54-58(50(8,9)10,40-32-25-22-26-33-40)41-34-27-23-28-35-41/h22-23,25-28,30,32-35,37,42-45,47,51H,15-18,21,31,36,38-39H2,1-14H3/b37-30+/t42-,43-,44-,45-,47-/m1/s1. The number of allylic oxidation sites excluding steroid dienone is 1. The van der Waals surface area contributed by atoms with Crippen LogP contribution in [0.3, 0.4) is 0 Å². The SMILES string of the molecule is CCCCCC#CC/C=C/[C@@H](O[Si](C)(C)C(C)(C)C)[C@H](O[Si](C)(C)C(C)(C)C)[C@@H]1C[C@H]1[C@H](O)CC#CCCC(=O)O[Si](c1ccccc1)(c1ccccc1)C(C)(C)C. The lowest BCUT2D eigenvalue weighted by Crippen LogP contribution is -2.67. The van der Waals surface area contributed by atoms with Crippen molar-refractivity contribution >= 4 is 41.3 Å². The van der Waals surface area contributed by atoms with Crippen LogP contribution in [0.1, 0.15) is 127 Å². The van der Waals surface area contributed by atoms with E-state index in [0.717, 1.165) is 29.6 Å². The van der Waals surface area contributed by atoms with Gasteiger partial charge in [-0.1, -0.05) is 161 Å². The normalized spacial score (nSPS) is 18.1. The molecule has 3 rings (SSSR count). The predicted octanol–water partition coefficient (Wildman–Crippen LogP) is 11.6. The summed E-state index contributed by atoms with van der Waals surface area (Å²) in [4.78, 5) is 13.6. The Labute approximate surface area is 357 Å². The van der Waals surface area contributed by atoms with Gasteiger partial charge in [-0.3, -0.25) is 4.79 Å². The van der Waals surface area contributed by atoms with E-state index in [1.165, 1.54) is 12.8 Å². The molecule has 0 bridgehead atoms. The Bertz CT molecular complexity index is 1690. The number of carbonyl (C=O) groups excluding carboxylic acids is 1. The summed E-state index contributed by atoms with van der Waals surface area (Å²) in [5, 5.41) is 13.5. The first-order chi connectivity index (χ1) is 27.0. The van der Waals surface area contributed by atoms with Crippen LogP contribution in [0.2, 0.25) is 41.3 Å². The molecule has 1 saturated carbocycles. The molecule has 320 valence electrons. The van der Waals surface area contributed by atoms with Crippen molar-refractivity contribution in [1.29, 1.82) is 0 Å². The van der Waals surface area contributed by atoms with Crippen LogP contribution in [-0.2, 0) is 18.1 Å². The second-order valence-corrected chi connectivity index (χ2v) is 34.2. The lowest BCUT2D eigenvalue weighted by molar-refractivity contribution is -0.135. The van der Waals surface area contributed by atoms with E-state index < -0.39 is 31.1 Å². The zero-order valence-electron chi connectivity index (χ0n) is 38.8. The molecule has 0 aromatic heterocycles. The van der Waals surface area contributed by atoms with Crippen molar-refractivity contribution in [2.45, 2.75) is 187 Å². The summed E-state index contributed by atoms with van der Waals surface area (Å²) in [7, 11) is -7.37. The molecule has 5 nitrogen and oxygen atoms in total. The highest BCUT2D eigenvalue weighted by Crippen LogP contribution is 2.51. The van der Waals surface area contributed by atoms with E-state index in [4.69, 9.17) is 13.3 Å². The average molecular weight is 843 g/mol. The van der Waals surface area contributed by atoms with Gasteiger partial charge < -0.3 is 18.4 Å². The van der Waals surface area contributed by atoms with E-state index in [2.05, 4.69) is 156 Å². The summed E-state index contributed by atoms with van der Waals surface area (Å²) in [5.41, 5.74) is 0. The van der Waals surface area contributed by atoms with Gasteiger partial charge in [-0.25, -0.2) is 0 Å². The Morgan fingerprint density at radius 1 is 0.741 bits per heavy atom. The fourth-order valence-corrected chi connectivity index (χ4v) is 14.0. The van der Waals surface area contributed by atoms with Gasteiger partial charge in [-0.2, -0.15) is 0 Å². The van der Waals surface area contributed by atoms with Crippen molar-refractivity contribution in [3.63, 3.8) is 0 Å². The van der Waals surface area contributed by atoms with Gasteiger partial charge in [0.15, 0.2) is 16.6 Å². The average Bonchev–Trinajstić information content (AvgIpc) is 3.93. The van der Waals surface area contributed by atoms with Gasteiger partial charge >= 0.3 is 8.32 Å². The maximum atomic E-state index is 13.6. The van der Waals surface area contributed by atoms with Crippen LogP contribution >= 0.6 is 0 Å². The fourth-order valence-electron chi connectivity index (χ4n) is 7.04. The van der Waals surface area contributed by atoms with Crippen molar-refractivity contribution in [3.8, 4) is 23.7 Å². The van der Waals surface area contributed by atoms with Crippen molar-refractivity contribution in [2.75, 3.05) is 0 Å². The number of aliphatic hydroxyl groups is 1. The third kappa shape index (κ3) is 13.7. The van der Waals surface area contributed by atoms with E-state index in [0.29, 0.717) is 19.3 Å². The molecule has 0 radical (unpaired) electrons. The van der Waals surface area contributed by atoms with E-state index >= 15 is 0 Å². The van der Waals surface area contributed by atoms with Gasteiger partial charge in [-0.15, -0.1) is 17.8 Å². The minimum atomic E-state index is -2.97. The number of aliphatic hydroxyl groups excluding tert-OH is 1. The Kier molecular flexibility index (Phi) is 18.2. The van der Waals surface area contributed by atoms with Crippen LogP contribution in [0.25, 0.3) is 0 Å². The van der Waals surface area contributed by atoms with Crippen LogP contribution in [0.4, 0.5) is 0 Å². The molecule has 0 spiro atoms. The second kappa shape index (κ2) is 21.2. The summed E-state index contributed by atoms with van der Waals surface area (Å²) in [6, 6.07) is 20.5. The molecule has 2 aromatic rings. The molecular formula is C50H78O5Si3. The molecule has 0 aliphatic heterocycles. The minimum absolute atomic E-state index is 0.0211. The van der Waals surface area contributed by atoms with Crippen LogP contribution in [0.5, 0.6) is 0 Å². The van der Waals surface area contributed by atoms with Gasteiger partial charge in [0.1, 0.15) is 0 Å². The molecule has 0 unspecified atom stereocenters. The Morgan fingerprint density at radius 3 is 1.79 bits per heavy atom. The molecule has 5 atom stereocenters. The van der Waals surface area contributed by atoms with E-state index in [1.54, 1.807) is 0 Å². The highest BCUT2D eigenvalue weighted by molar-refractivity contribution is 7.00. The number of rotatable bonds is 18. The summed E-state index contributed by atoms with van der Waals surface area (Å²) >= 11 is 0. The van der Waals surface area contributed by atoms with E-state index in [-0.39, 0.29) is 51.5 Å². The van der Waals surface area contributed by atoms with Crippen molar-refractivity contribution in [1.82, 2.24) is 0 Å². The predicted molar refractivity (Wildman–Crippen MR) is 253 cm³/mol. The summed E-state index contributed by atoms with van der Waals surface area (Å²) in [6.07, 6.45) is 10.4. The number of hydrogen-bond donors (Lipinski definition) is 1. The number of hydrogen-bond acceptors (Lipinski definition) is 5. The highest BCUT2D eigenvalue weighted by atomic mass is 28.4. The highest BCUT2D eigenvalue weighted by Gasteiger charge is 2.55. The Balaban J connectivity index is 1.78. The lowest BCUT2D eigenvalue weighted by atomic mass is 10.0. The van der Waals surface area contributed by atoms with Crippen LogP contribution in [-0.4, -0.2) is 54.3 Å². The van der Waals surface area contributed by atoms with Crippen LogP contribution in [0, 0.1) is 35.5 Å². The van der Waals surface area contributed by atoms with Crippen LogP contribution < -0.4 is 10.4 Å². The molecule has 58 heavy (non-hydrogen) atoms. The van der Waals surface area contributed by atoms with Gasteiger partial charge in [0, 0.05) is 25.7 Å². The maximum Gasteiger partial charge on any atom is 0.323 e. The van der Waals surface area contributed by atoms with Crippen molar-refractivity contribution in [3.05, 3.63) is 72.8 Å². The van der Waals surface area contributed by atoms with Crippen LogP contribution in [0.15, 0.2) is 72.8 Å². The Morgan fingerprint density at radius 2 is 1.28 bits per heavy atom. The molecule has 1 aliphatic carbocycles. The molecule has 1 N–H and O–H groups in total. The largest absolute Gasteiger partial charge is 0.509 e. The van der Waals surface area contributed by atoms with E-state index in [1.807, 2.05) is 36.4 Å². The van der Waals surface area contributed by atoms with Gasteiger partial charge in [0.05, 0.1) is 24.7 Å². The zero-order chi connectivity index (χ0) is 43.4. The molecule has 0 amide bonds. The smallest absolute Gasteiger partial charge is 0.323 e. The first kappa shape index (κ1) is 49.7. The van der Waals surface area contributed by atoms with E-state index in [9.17, 15) is 9.90 Å². The summed E-state index contributed by atoms with van der Waals surface area (Å²) in [5.74, 6) is 13.1. The topological polar surface area (TPSA) is 65.0 Å². The third-order valence-corrected chi connectivity index (χ3v) is 26.6. The van der Waals surface area contributed by atoms with Crippen molar-refractivity contribution < 1.29 is 23.2 Å². The molecular weight excluding hydrogens is 765 g/mol. The second-order valence-electron chi connectivity index (χ2n) is 20.5. The number of carbonyl (C=O) groups is 1. The molecule has 1 aliphatic rings. The maximum absolute atomic E-state index is 13.6. The number of benzene rings is 2. The summed E-state index contributed by atoms with van der Waals surface area (Å²) < 4.78 is 21.2. The van der Waals surface area contributed by atoms with Crippen molar-refractivity contribution in [2.24, 2.45) is 11.8 Å². The van der Waals surface area contributed by atoms with Gasteiger partial charge in [0.2, 0.25) is 0 Å². The Hall–Kier alpha value is -2.70. The quantitative estimate of drug-likeness (QED) is 0.0701. The van der Waals surface area contributed by atoms with Gasteiger partial charge in [-0.05, 0) is 76.4 Å². The monoisotopic (exact) mass is 843 g/mol. The zero-order valence-corrected chi connectivity index (χ0v) is 41.8.